The largest absolute Gasteiger partial charge is 0.353 e. The molecule has 0 aliphatic carbocycles. The first-order chi connectivity index (χ1) is 15.9. The van der Waals surface area contributed by atoms with Crippen LogP contribution < -0.4 is 10.9 Å². The lowest BCUT2D eigenvalue weighted by atomic mass is 10.1. The minimum Gasteiger partial charge on any atom is -0.353 e. The number of thiophene rings is 1. The van der Waals surface area contributed by atoms with Crippen molar-refractivity contribution in [1.82, 2.24) is 14.9 Å². The first kappa shape index (κ1) is 23.1. The minimum atomic E-state index is -0.802. The van der Waals surface area contributed by atoms with E-state index in [-0.39, 0.29) is 28.5 Å². The van der Waals surface area contributed by atoms with Crippen LogP contribution >= 0.6 is 23.1 Å². The highest BCUT2D eigenvalue weighted by Crippen LogP contribution is 2.24. The number of halogens is 2. The Balaban J connectivity index is 1.50. The van der Waals surface area contributed by atoms with Crippen molar-refractivity contribution < 1.29 is 13.6 Å². The van der Waals surface area contributed by atoms with Crippen molar-refractivity contribution in [2.45, 2.75) is 31.0 Å². The fourth-order valence-corrected chi connectivity index (χ4v) is 5.01. The maximum atomic E-state index is 13.8. The molecule has 4 aromatic rings. The zero-order valence-corrected chi connectivity index (χ0v) is 19.4. The third-order valence-electron chi connectivity index (χ3n) is 5.00. The van der Waals surface area contributed by atoms with Crippen LogP contribution in [0.4, 0.5) is 8.78 Å². The lowest BCUT2D eigenvalue weighted by Gasteiger charge is -2.15. The summed E-state index contributed by atoms with van der Waals surface area (Å²) in [5, 5.41) is 4.88. The average Bonchev–Trinajstić information content (AvgIpc) is 3.25. The van der Waals surface area contributed by atoms with Gasteiger partial charge < -0.3 is 5.32 Å². The van der Waals surface area contributed by atoms with Crippen LogP contribution in [0.5, 0.6) is 0 Å². The van der Waals surface area contributed by atoms with E-state index in [2.05, 4.69) is 10.3 Å². The van der Waals surface area contributed by atoms with Gasteiger partial charge in [-0.15, -0.1) is 11.3 Å². The summed E-state index contributed by atoms with van der Waals surface area (Å²) in [5.41, 5.74) is 1.28. The highest BCUT2D eigenvalue weighted by molar-refractivity contribution is 7.99. The van der Waals surface area contributed by atoms with Gasteiger partial charge in [0, 0.05) is 12.1 Å². The number of amides is 1. The van der Waals surface area contributed by atoms with Crippen LogP contribution in [0.2, 0.25) is 0 Å². The van der Waals surface area contributed by atoms with Gasteiger partial charge in [0.25, 0.3) is 5.56 Å². The predicted molar refractivity (Wildman–Crippen MR) is 128 cm³/mol. The Kier molecular flexibility index (Phi) is 7.20. The van der Waals surface area contributed by atoms with E-state index < -0.39 is 17.2 Å². The Morgan fingerprint density at radius 1 is 1.15 bits per heavy atom. The first-order valence-corrected chi connectivity index (χ1v) is 12.2. The van der Waals surface area contributed by atoms with Crippen LogP contribution in [0.3, 0.4) is 0 Å². The molecular formula is C24H21F2N3O2S2. The molecule has 0 saturated carbocycles. The molecule has 1 atom stereocenters. The van der Waals surface area contributed by atoms with Gasteiger partial charge in [0.1, 0.15) is 16.3 Å². The van der Waals surface area contributed by atoms with Gasteiger partial charge in [0.2, 0.25) is 5.91 Å². The molecular weight excluding hydrogens is 464 g/mol. The van der Waals surface area contributed by atoms with Crippen molar-refractivity contribution in [3.05, 3.63) is 87.5 Å². The summed E-state index contributed by atoms with van der Waals surface area (Å²) in [4.78, 5) is 30.0. The molecule has 2 heterocycles. The van der Waals surface area contributed by atoms with Gasteiger partial charge in [-0.1, -0.05) is 42.1 Å². The number of thioether (sulfide) groups is 1. The fraction of sp³-hybridized carbons (Fsp3) is 0.208. The molecule has 9 heteroatoms. The van der Waals surface area contributed by atoms with Crippen molar-refractivity contribution in [3.8, 4) is 5.69 Å². The molecule has 2 aromatic heterocycles. The normalized spacial score (nSPS) is 12.1. The standard InChI is InChI=1S/C24H21F2N3O2S2/c1-15(7-8-16-5-3-2-4-6-16)27-21(30)14-33-24-28-20-9-10-32-22(20)23(31)29(24)19-12-17(25)11-18(26)13-19/h2-6,9-13,15H,7-8,14H2,1H3,(H,27,30). The molecule has 33 heavy (non-hydrogen) atoms. The molecule has 1 N–H and O–H groups in total. The maximum Gasteiger partial charge on any atom is 0.276 e. The van der Waals surface area contributed by atoms with E-state index in [4.69, 9.17) is 0 Å². The second kappa shape index (κ2) is 10.3. The fourth-order valence-electron chi connectivity index (χ4n) is 3.43. The summed E-state index contributed by atoms with van der Waals surface area (Å²) in [6.07, 6.45) is 1.63. The Morgan fingerprint density at radius 3 is 2.61 bits per heavy atom. The smallest absolute Gasteiger partial charge is 0.276 e. The highest BCUT2D eigenvalue weighted by Gasteiger charge is 2.17. The summed E-state index contributed by atoms with van der Waals surface area (Å²) in [6.45, 7) is 1.94. The molecule has 0 spiro atoms. The second-order valence-electron chi connectivity index (χ2n) is 7.58. The summed E-state index contributed by atoms with van der Waals surface area (Å²) >= 11 is 2.25. The van der Waals surface area contributed by atoms with Crippen LogP contribution in [0.15, 0.2) is 69.9 Å². The van der Waals surface area contributed by atoms with Crippen LogP contribution in [0, 0.1) is 11.6 Å². The minimum absolute atomic E-state index is 0.00948. The Labute approximate surface area is 197 Å². The molecule has 1 amide bonds. The number of aryl methyl sites for hydroxylation is 1. The number of fused-ring (bicyclic) bond motifs is 1. The number of aromatic nitrogens is 2. The van der Waals surface area contributed by atoms with Crippen molar-refractivity contribution in [1.29, 1.82) is 0 Å². The molecule has 4 rings (SSSR count). The van der Waals surface area contributed by atoms with Crippen molar-refractivity contribution in [2.75, 3.05) is 5.75 Å². The van der Waals surface area contributed by atoms with Gasteiger partial charge in [-0.05, 0) is 48.9 Å². The number of carbonyl (C=O) groups excluding carboxylic acids is 1. The predicted octanol–water partition coefficient (Wildman–Crippen LogP) is 4.96. The topological polar surface area (TPSA) is 64.0 Å². The first-order valence-electron chi connectivity index (χ1n) is 10.3. The highest BCUT2D eigenvalue weighted by atomic mass is 32.2. The van der Waals surface area contributed by atoms with Crippen LogP contribution in [0.1, 0.15) is 18.9 Å². The summed E-state index contributed by atoms with van der Waals surface area (Å²) in [5.74, 6) is -1.80. The van der Waals surface area contributed by atoms with Gasteiger partial charge in [0.05, 0.1) is 17.0 Å². The summed E-state index contributed by atoms with van der Waals surface area (Å²) in [6, 6.07) is 14.6. The number of hydrogen-bond acceptors (Lipinski definition) is 5. The quantitative estimate of drug-likeness (QED) is 0.283. The molecule has 170 valence electrons. The number of nitrogens with zero attached hydrogens (tertiary/aromatic N) is 2. The summed E-state index contributed by atoms with van der Waals surface area (Å²) < 4.78 is 29.2. The second-order valence-corrected chi connectivity index (χ2v) is 9.44. The Hall–Kier alpha value is -3.04. The average molecular weight is 486 g/mol. The summed E-state index contributed by atoms with van der Waals surface area (Å²) in [7, 11) is 0. The number of hydrogen-bond donors (Lipinski definition) is 1. The van der Waals surface area contributed by atoms with Gasteiger partial charge in [-0.3, -0.25) is 14.2 Å². The molecule has 0 aliphatic rings. The molecule has 0 bridgehead atoms. The molecule has 5 nitrogen and oxygen atoms in total. The van der Waals surface area contributed by atoms with Crippen LogP contribution in [0.25, 0.3) is 15.9 Å². The van der Waals surface area contributed by atoms with Gasteiger partial charge in [-0.25, -0.2) is 13.8 Å². The third kappa shape index (κ3) is 5.66. The van der Waals surface area contributed by atoms with E-state index in [9.17, 15) is 18.4 Å². The van der Waals surface area contributed by atoms with Gasteiger partial charge in [-0.2, -0.15) is 0 Å². The zero-order chi connectivity index (χ0) is 23.4. The molecule has 0 radical (unpaired) electrons. The SMILES string of the molecule is CC(CCc1ccccc1)NC(=O)CSc1nc2ccsc2c(=O)n1-c1cc(F)cc(F)c1. The maximum absolute atomic E-state index is 13.8. The lowest BCUT2D eigenvalue weighted by Crippen LogP contribution is -2.34. The monoisotopic (exact) mass is 485 g/mol. The number of rotatable bonds is 8. The van der Waals surface area contributed by atoms with E-state index in [1.165, 1.54) is 16.9 Å². The van der Waals surface area contributed by atoms with Crippen molar-refractivity contribution >= 4 is 39.2 Å². The molecule has 0 saturated heterocycles. The number of nitrogens with one attached hydrogen (secondary N) is 1. The van der Waals surface area contributed by atoms with Gasteiger partial charge in [0.15, 0.2) is 5.16 Å². The van der Waals surface area contributed by atoms with E-state index in [0.717, 1.165) is 47.4 Å². The van der Waals surface area contributed by atoms with Crippen molar-refractivity contribution in [3.63, 3.8) is 0 Å². The Morgan fingerprint density at radius 2 is 1.88 bits per heavy atom. The Bertz CT molecular complexity index is 1320. The van der Waals surface area contributed by atoms with Crippen LogP contribution in [-0.4, -0.2) is 27.3 Å². The van der Waals surface area contributed by atoms with Gasteiger partial charge >= 0.3 is 0 Å². The van der Waals surface area contributed by atoms with E-state index >= 15 is 0 Å². The van der Waals surface area contributed by atoms with E-state index in [1.54, 1.807) is 11.4 Å². The number of benzene rings is 2. The molecule has 0 aliphatic heterocycles. The molecule has 2 aromatic carbocycles. The lowest BCUT2D eigenvalue weighted by molar-refractivity contribution is -0.119. The number of carbonyl (C=O) groups is 1. The van der Waals surface area contributed by atoms with E-state index in [0.29, 0.717) is 10.2 Å². The van der Waals surface area contributed by atoms with Crippen LogP contribution in [-0.2, 0) is 11.2 Å². The molecule has 0 fully saturated rings. The molecule has 1 unspecified atom stereocenters. The van der Waals surface area contributed by atoms with Crippen molar-refractivity contribution in [2.24, 2.45) is 0 Å². The zero-order valence-electron chi connectivity index (χ0n) is 17.8. The van der Waals surface area contributed by atoms with E-state index in [1.807, 2.05) is 37.3 Å². The third-order valence-corrected chi connectivity index (χ3v) is 6.83.